The standard InChI is InChI=1S/C10H15N3OS/c1-14-6-3-7-15-10-8(9(11)12)4-2-5-13-10/h2,4-5H,3,6-7H2,1H3,(H3,11,12). The smallest absolute Gasteiger partial charge is 0.125 e. The summed E-state index contributed by atoms with van der Waals surface area (Å²) in [6.45, 7) is 0.745. The second-order valence-electron chi connectivity index (χ2n) is 2.96. The summed E-state index contributed by atoms with van der Waals surface area (Å²) >= 11 is 1.60. The predicted octanol–water partition coefficient (Wildman–Crippen LogP) is 1.49. The molecular formula is C10H15N3OS. The molecular weight excluding hydrogens is 210 g/mol. The maximum absolute atomic E-state index is 7.39. The maximum Gasteiger partial charge on any atom is 0.125 e. The lowest BCUT2D eigenvalue weighted by atomic mass is 10.3. The molecule has 0 radical (unpaired) electrons. The summed E-state index contributed by atoms with van der Waals surface area (Å²) in [7, 11) is 1.69. The number of nitrogen functional groups attached to an aromatic ring is 1. The number of methoxy groups -OCH3 is 1. The number of thioether (sulfide) groups is 1. The number of aromatic nitrogens is 1. The molecule has 0 spiro atoms. The Labute approximate surface area is 93.7 Å². The Kier molecular flexibility index (Phi) is 5.14. The van der Waals surface area contributed by atoms with Gasteiger partial charge in [0, 0.05) is 31.2 Å². The number of pyridine rings is 1. The van der Waals surface area contributed by atoms with E-state index in [1.54, 1.807) is 31.1 Å². The number of ether oxygens (including phenoxy) is 1. The predicted molar refractivity (Wildman–Crippen MR) is 62.5 cm³/mol. The number of nitrogens with zero attached hydrogens (tertiary/aromatic N) is 1. The average Bonchev–Trinajstić information content (AvgIpc) is 2.25. The Morgan fingerprint density at radius 2 is 2.47 bits per heavy atom. The fourth-order valence-corrected chi connectivity index (χ4v) is 2.01. The van der Waals surface area contributed by atoms with Gasteiger partial charge in [-0.2, -0.15) is 0 Å². The Morgan fingerprint density at radius 1 is 1.67 bits per heavy atom. The van der Waals surface area contributed by atoms with Gasteiger partial charge in [-0.15, -0.1) is 11.8 Å². The lowest BCUT2D eigenvalue weighted by molar-refractivity contribution is 0.200. The lowest BCUT2D eigenvalue weighted by Crippen LogP contribution is -2.13. The van der Waals surface area contributed by atoms with E-state index in [2.05, 4.69) is 4.98 Å². The largest absolute Gasteiger partial charge is 0.385 e. The van der Waals surface area contributed by atoms with Gasteiger partial charge in [-0.05, 0) is 18.6 Å². The van der Waals surface area contributed by atoms with Crippen LogP contribution in [0.1, 0.15) is 12.0 Å². The molecule has 82 valence electrons. The second kappa shape index (κ2) is 6.42. The molecule has 1 rings (SSSR count). The Balaban J connectivity index is 2.56. The molecule has 3 N–H and O–H groups in total. The van der Waals surface area contributed by atoms with Gasteiger partial charge in [0.05, 0.1) is 0 Å². The molecule has 15 heavy (non-hydrogen) atoms. The summed E-state index contributed by atoms with van der Waals surface area (Å²) in [4.78, 5) is 4.20. The molecule has 0 amide bonds. The zero-order valence-electron chi connectivity index (χ0n) is 8.69. The third kappa shape index (κ3) is 3.89. The van der Waals surface area contributed by atoms with Crippen molar-refractivity contribution in [3.05, 3.63) is 23.9 Å². The highest BCUT2D eigenvalue weighted by Gasteiger charge is 2.05. The molecule has 0 aliphatic carbocycles. The van der Waals surface area contributed by atoms with Crippen LogP contribution in [0.5, 0.6) is 0 Å². The van der Waals surface area contributed by atoms with Crippen molar-refractivity contribution in [1.82, 2.24) is 4.98 Å². The molecule has 0 aliphatic heterocycles. The molecule has 0 aliphatic rings. The number of amidine groups is 1. The number of rotatable bonds is 6. The van der Waals surface area contributed by atoms with E-state index < -0.39 is 0 Å². The third-order valence-corrected chi connectivity index (χ3v) is 2.88. The Bertz CT molecular complexity index is 330. The van der Waals surface area contributed by atoms with Crippen molar-refractivity contribution in [3.8, 4) is 0 Å². The first-order chi connectivity index (χ1) is 7.25. The van der Waals surface area contributed by atoms with Gasteiger partial charge >= 0.3 is 0 Å². The zero-order chi connectivity index (χ0) is 11.1. The molecule has 1 heterocycles. The van der Waals surface area contributed by atoms with Gasteiger partial charge in [-0.25, -0.2) is 4.98 Å². The van der Waals surface area contributed by atoms with Gasteiger partial charge < -0.3 is 10.5 Å². The monoisotopic (exact) mass is 225 g/mol. The number of nitrogens with one attached hydrogen (secondary N) is 1. The molecule has 5 heteroatoms. The summed E-state index contributed by atoms with van der Waals surface area (Å²) in [5.41, 5.74) is 6.16. The Morgan fingerprint density at radius 3 is 3.13 bits per heavy atom. The zero-order valence-corrected chi connectivity index (χ0v) is 9.51. The van der Waals surface area contributed by atoms with Crippen LogP contribution in [-0.2, 0) is 4.74 Å². The van der Waals surface area contributed by atoms with Gasteiger partial charge in [0.1, 0.15) is 10.9 Å². The fraction of sp³-hybridized carbons (Fsp3) is 0.400. The summed E-state index contributed by atoms with van der Waals surface area (Å²) in [5, 5.41) is 8.21. The second-order valence-corrected chi connectivity index (χ2v) is 4.05. The summed E-state index contributed by atoms with van der Waals surface area (Å²) in [6.07, 6.45) is 2.68. The molecule has 1 aromatic rings. The highest BCUT2D eigenvalue weighted by atomic mass is 32.2. The molecule has 0 atom stereocenters. The molecule has 0 aromatic carbocycles. The minimum absolute atomic E-state index is 0.0670. The summed E-state index contributed by atoms with van der Waals surface area (Å²) < 4.78 is 4.96. The van der Waals surface area contributed by atoms with E-state index in [0.717, 1.165) is 23.8 Å². The van der Waals surface area contributed by atoms with Gasteiger partial charge in [-0.3, -0.25) is 5.41 Å². The van der Waals surface area contributed by atoms with Crippen LogP contribution in [0.4, 0.5) is 0 Å². The quantitative estimate of drug-likeness (QED) is 0.333. The first kappa shape index (κ1) is 12.0. The van der Waals surface area contributed by atoms with Gasteiger partial charge in [-0.1, -0.05) is 0 Å². The van der Waals surface area contributed by atoms with E-state index in [0.29, 0.717) is 5.56 Å². The Hall–Kier alpha value is -1.07. The van der Waals surface area contributed by atoms with Crippen LogP contribution in [0, 0.1) is 5.41 Å². The molecule has 0 unspecified atom stereocenters. The van der Waals surface area contributed by atoms with Crippen LogP contribution in [0.3, 0.4) is 0 Å². The summed E-state index contributed by atoms with van der Waals surface area (Å²) in [6, 6.07) is 3.60. The highest BCUT2D eigenvalue weighted by Crippen LogP contribution is 2.19. The van der Waals surface area contributed by atoms with Crippen molar-refractivity contribution < 1.29 is 4.74 Å². The molecule has 0 saturated heterocycles. The molecule has 1 aromatic heterocycles. The summed E-state index contributed by atoms with van der Waals surface area (Å²) in [5.74, 6) is 0.989. The molecule has 4 nitrogen and oxygen atoms in total. The minimum atomic E-state index is 0.0670. The van der Waals surface area contributed by atoms with Crippen molar-refractivity contribution in [2.45, 2.75) is 11.4 Å². The SMILES string of the molecule is COCCCSc1ncccc1C(=N)N. The number of hydrogen-bond donors (Lipinski definition) is 2. The number of hydrogen-bond acceptors (Lipinski definition) is 4. The normalized spacial score (nSPS) is 10.2. The van der Waals surface area contributed by atoms with Crippen LogP contribution < -0.4 is 5.73 Å². The third-order valence-electron chi connectivity index (χ3n) is 1.79. The lowest BCUT2D eigenvalue weighted by Gasteiger charge is -2.05. The van der Waals surface area contributed by atoms with Crippen LogP contribution in [0.25, 0.3) is 0 Å². The minimum Gasteiger partial charge on any atom is -0.385 e. The van der Waals surface area contributed by atoms with Crippen molar-refractivity contribution in [2.75, 3.05) is 19.5 Å². The first-order valence-electron chi connectivity index (χ1n) is 4.67. The van der Waals surface area contributed by atoms with E-state index >= 15 is 0 Å². The van der Waals surface area contributed by atoms with Crippen molar-refractivity contribution in [1.29, 1.82) is 5.41 Å². The van der Waals surface area contributed by atoms with E-state index in [1.165, 1.54) is 0 Å². The van der Waals surface area contributed by atoms with E-state index in [4.69, 9.17) is 15.9 Å². The molecule has 0 saturated carbocycles. The molecule has 0 bridgehead atoms. The molecule has 0 fully saturated rings. The van der Waals surface area contributed by atoms with Crippen molar-refractivity contribution >= 4 is 17.6 Å². The van der Waals surface area contributed by atoms with Crippen LogP contribution in [0.15, 0.2) is 23.4 Å². The van der Waals surface area contributed by atoms with Crippen LogP contribution in [-0.4, -0.2) is 30.3 Å². The first-order valence-corrected chi connectivity index (χ1v) is 5.65. The average molecular weight is 225 g/mol. The topological polar surface area (TPSA) is 72.0 Å². The van der Waals surface area contributed by atoms with Gasteiger partial charge in [0.15, 0.2) is 0 Å². The van der Waals surface area contributed by atoms with Crippen LogP contribution >= 0.6 is 11.8 Å². The maximum atomic E-state index is 7.39. The van der Waals surface area contributed by atoms with Gasteiger partial charge in [0.2, 0.25) is 0 Å². The highest BCUT2D eigenvalue weighted by molar-refractivity contribution is 7.99. The fourth-order valence-electron chi connectivity index (χ4n) is 1.08. The van der Waals surface area contributed by atoms with Crippen molar-refractivity contribution in [2.24, 2.45) is 5.73 Å². The van der Waals surface area contributed by atoms with Crippen molar-refractivity contribution in [3.63, 3.8) is 0 Å². The van der Waals surface area contributed by atoms with E-state index in [1.807, 2.05) is 6.07 Å². The van der Waals surface area contributed by atoms with Crippen LogP contribution in [0.2, 0.25) is 0 Å². The van der Waals surface area contributed by atoms with E-state index in [9.17, 15) is 0 Å². The number of nitrogens with two attached hydrogens (primary N) is 1. The van der Waals surface area contributed by atoms with Gasteiger partial charge in [0.25, 0.3) is 0 Å². The van der Waals surface area contributed by atoms with E-state index in [-0.39, 0.29) is 5.84 Å².